The number of methoxy groups -OCH3 is 2. The van der Waals surface area contributed by atoms with Gasteiger partial charge in [0.2, 0.25) is 6.79 Å². The third kappa shape index (κ3) is 4.42. The molecule has 11 heteroatoms. The molecule has 5 rings (SSSR count). The summed E-state index contributed by atoms with van der Waals surface area (Å²) in [6, 6.07) is 8.16. The summed E-state index contributed by atoms with van der Waals surface area (Å²) in [5.74, 6) is 1.70. The molecule has 2 aliphatic heterocycles. The molecule has 0 saturated carbocycles. The monoisotopic (exact) mass is 586 g/mol. The highest BCUT2D eigenvalue weighted by molar-refractivity contribution is 9.10. The highest BCUT2D eigenvalue weighted by Gasteiger charge is 2.35. The summed E-state index contributed by atoms with van der Waals surface area (Å²) in [5, 5.41) is 0. The van der Waals surface area contributed by atoms with Crippen molar-refractivity contribution in [3.8, 4) is 23.0 Å². The van der Waals surface area contributed by atoms with Gasteiger partial charge in [0.15, 0.2) is 27.8 Å². The third-order valence-corrected chi connectivity index (χ3v) is 7.68. The van der Waals surface area contributed by atoms with Crippen molar-refractivity contribution in [3.63, 3.8) is 0 Å². The molecular formula is C26H23BrN2O7S. The van der Waals surface area contributed by atoms with E-state index in [4.69, 9.17) is 23.7 Å². The van der Waals surface area contributed by atoms with Crippen molar-refractivity contribution < 1.29 is 28.5 Å². The lowest BCUT2D eigenvalue weighted by Gasteiger charge is -2.26. The quantitative estimate of drug-likeness (QED) is 0.409. The van der Waals surface area contributed by atoms with Crippen molar-refractivity contribution >= 4 is 39.3 Å². The number of aromatic nitrogens is 1. The molecule has 0 saturated heterocycles. The van der Waals surface area contributed by atoms with Crippen LogP contribution in [0.1, 0.15) is 31.0 Å². The van der Waals surface area contributed by atoms with Gasteiger partial charge in [-0.15, -0.1) is 0 Å². The maximum atomic E-state index is 13.8. The highest BCUT2D eigenvalue weighted by Crippen LogP contribution is 2.41. The zero-order valence-electron chi connectivity index (χ0n) is 20.5. The molecule has 1 aromatic heterocycles. The highest BCUT2D eigenvalue weighted by atomic mass is 79.9. The molecule has 0 spiro atoms. The van der Waals surface area contributed by atoms with Crippen LogP contribution in [0.4, 0.5) is 0 Å². The lowest BCUT2D eigenvalue weighted by atomic mass is 9.95. The second-order valence-corrected chi connectivity index (χ2v) is 10.0. The van der Waals surface area contributed by atoms with Crippen LogP contribution in [0.3, 0.4) is 0 Å². The molecule has 3 heterocycles. The number of halogens is 1. The van der Waals surface area contributed by atoms with E-state index in [1.165, 1.54) is 30.1 Å². The van der Waals surface area contributed by atoms with Gasteiger partial charge in [0.05, 0.1) is 42.7 Å². The number of carbonyl (C=O) groups excluding carboxylic acids is 1. The Balaban J connectivity index is 1.74. The Morgan fingerprint density at radius 1 is 1.19 bits per heavy atom. The number of allylic oxidation sites excluding steroid dienone is 1. The number of rotatable bonds is 6. The number of thiazole rings is 1. The summed E-state index contributed by atoms with van der Waals surface area (Å²) in [7, 11) is 3.07. The molecule has 1 atom stereocenters. The molecule has 2 aliphatic rings. The van der Waals surface area contributed by atoms with Crippen LogP contribution in [0, 0.1) is 0 Å². The normalized spacial score (nSPS) is 16.4. The fourth-order valence-electron chi connectivity index (χ4n) is 4.32. The molecule has 0 bridgehead atoms. The van der Waals surface area contributed by atoms with Crippen LogP contribution in [-0.4, -0.2) is 38.2 Å². The van der Waals surface area contributed by atoms with Crippen molar-refractivity contribution in [2.75, 3.05) is 27.6 Å². The number of carbonyl (C=O) groups is 1. The Morgan fingerprint density at radius 3 is 2.65 bits per heavy atom. The maximum Gasteiger partial charge on any atom is 0.338 e. The number of benzene rings is 2. The molecule has 0 N–H and O–H groups in total. The number of ether oxygens (including phenoxy) is 5. The summed E-state index contributed by atoms with van der Waals surface area (Å²) < 4.78 is 29.8. The van der Waals surface area contributed by atoms with E-state index in [1.54, 1.807) is 38.1 Å². The van der Waals surface area contributed by atoms with Gasteiger partial charge >= 0.3 is 5.97 Å². The van der Waals surface area contributed by atoms with Gasteiger partial charge in [0, 0.05) is 4.47 Å². The largest absolute Gasteiger partial charge is 0.493 e. The van der Waals surface area contributed by atoms with Crippen LogP contribution in [0.25, 0.3) is 6.08 Å². The first-order valence-electron chi connectivity index (χ1n) is 11.4. The number of fused-ring (bicyclic) bond motifs is 2. The van der Waals surface area contributed by atoms with E-state index in [0.29, 0.717) is 48.1 Å². The van der Waals surface area contributed by atoms with E-state index < -0.39 is 12.0 Å². The minimum absolute atomic E-state index is 0.164. The van der Waals surface area contributed by atoms with E-state index in [0.717, 1.165) is 5.56 Å². The molecule has 3 aromatic rings. The van der Waals surface area contributed by atoms with Crippen molar-refractivity contribution in [2.45, 2.75) is 19.9 Å². The van der Waals surface area contributed by atoms with Gasteiger partial charge in [-0.1, -0.05) is 33.3 Å². The smallest absolute Gasteiger partial charge is 0.338 e. The SMILES string of the molecule is CCOC(=O)C1=C(C)N=c2s/c(=C/c3ccc4c(c3)OCO4)c(=O)n2[C@H]1c1cc(OC)c(OC)cc1Br. The first-order valence-corrected chi connectivity index (χ1v) is 13.0. The standard InChI is InChI=1S/C26H23BrN2O7S/c1-5-34-25(31)22-13(2)28-26-29(23(22)15-10-18(32-3)19(33-4)11-16(15)27)24(30)21(37-26)9-14-6-7-17-20(8-14)36-12-35-17/h6-11,23H,5,12H2,1-4H3/b21-9+/t23-/m0/s1. The fourth-order valence-corrected chi connectivity index (χ4v) is 5.91. The van der Waals surface area contributed by atoms with Gasteiger partial charge < -0.3 is 23.7 Å². The summed E-state index contributed by atoms with van der Waals surface area (Å²) in [5.41, 5.74) is 1.87. The minimum Gasteiger partial charge on any atom is -0.493 e. The molecule has 0 amide bonds. The van der Waals surface area contributed by atoms with E-state index in [2.05, 4.69) is 20.9 Å². The van der Waals surface area contributed by atoms with Crippen LogP contribution < -0.4 is 33.8 Å². The predicted octanol–water partition coefficient (Wildman–Crippen LogP) is 3.31. The zero-order valence-corrected chi connectivity index (χ0v) is 22.9. The maximum absolute atomic E-state index is 13.8. The Hall–Kier alpha value is -3.57. The molecule has 0 unspecified atom stereocenters. The molecule has 0 fully saturated rings. The fraction of sp³-hybridized carbons (Fsp3) is 0.269. The van der Waals surface area contributed by atoms with Gasteiger partial charge in [0.1, 0.15) is 0 Å². The molecule has 9 nitrogen and oxygen atoms in total. The Bertz CT molecular complexity index is 1620. The summed E-state index contributed by atoms with van der Waals surface area (Å²) >= 11 is 4.84. The Kier molecular flexibility index (Phi) is 6.82. The van der Waals surface area contributed by atoms with E-state index in [1.807, 2.05) is 12.1 Å². The molecule has 2 aromatic carbocycles. The van der Waals surface area contributed by atoms with Crippen LogP contribution in [0.5, 0.6) is 23.0 Å². The first kappa shape index (κ1) is 25.1. The van der Waals surface area contributed by atoms with Gasteiger partial charge in [-0.25, -0.2) is 9.79 Å². The number of hydrogen-bond acceptors (Lipinski definition) is 9. The summed E-state index contributed by atoms with van der Waals surface area (Å²) in [4.78, 5) is 32.1. The third-order valence-electron chi connectivity index (χ3n) is 6.01. The summed E-state index contributed by atoms with van der Waals surface area (Å²) in [6.45, 7) is 3.82. The minimum atomic E-state index is -0.802. The average molecular weight is 587 g/mol. The van der Waals surface area contributed by atoms with Gasteiger partial charge in [-0.3, -0.25) is 9.36 Å². The van der Waals surface area contributed by atoms with Crippen molar-refractivity contribution in [1.82, 2.24) is 4.57 Å². The van der Waals surface area contributed by atoms with Crippen LogP contribution >= 0.6 is 27.3 Å². The van der Waals surface area contributed by atoms with Crippen LogP contribution in [-0.2, 0) is 9.53 Å². The second kappa shape index (κ2) is 10.1. The van der Waals surface area contributed by atoms with Crippen LogP contribution in [0.15, 0.2) is 55.9 Å². The second-order valence-electron chi connectivity index (χ2n) is 8.14. The van der Waals surface area contributed by atoms with E-state index >= 15 is 0 Å². The van der Waals surface area contributed by atoms with Crippen molar-refractivity contribution in [1.29, 1.82) is 0 Å². The van der Waals surface area contributed by atoms with E-state index in [-0.39, 0.29) is 24.5 Å². The van der Waals surface area contributed by atoms with Crippen molar-refractivity contribution in [2.24, 2.45) is 4.99 Å². The number of hydrogen-bond donors (Lipinski definition) is 0. The first-order chi connectivity index (χ1) is 17.9. The zero-order chi connectivity index (χ0) is 26.3. The molecular weight excluding hydrogens is 564 g/mol. The Labute approximate surface area is 224 Å². The van der Waals surface area contributed by atoms with Gasteiger partial charge in [0.25, 0.3) is 5.56 Å². The lowest BCUT2D eigenvalue weighted by molar-refractivity contribution is -0.139. The van der Waals surface area contributed by atoms with Crippen molar-refractivity contribution in [3.05, 3.63) is 76.9 Å². The predicted molar refractivity (Wildman–Crippen MR) is 140 cm³/mol. The Morgan fingerprint density at radius 2 is 1.92 bits per heavy atom. The van der Waals surface area contributed by atoms with Crippen LogP contribution in [0.2, 0.25) is 0 Å². The molecule has 0 radical (unpaired) electrons. The number of nitrogens with zero attached hydrogens (tertiary/aromatic N) is 2. The van der Waals surface area contributed by atoms with Gasteiger partial charge in [-0.2, -0.15) is 0 Å². The molecule has 192 valence electrons. The number of esters is 1. The average Bonchev–Trinajstić information content (AvgIpc) is 3.47. The van der Waals surface area contributed by atoms with Gasteiger partial charge in [-0.05, 0) is 55.3 Å². The molecule has 37 heavy (non-hydrogen) atoms. The van der Waals surface area contributed by atoms with E-state index in [9.17, 15) is 9.59 Å². The lowest BCUT2D eigenvalue weighted by Crippen LogP contribution is -2.40. The topological polar surface area (TPSA) is 97.6 Å². The summed E-state index contributed by atoms with van der Waals surface area (Å²) in [6.07, 6.45) is 1.77. The molecule has 0 aliphatic carbocycles.